The molecule has 0 bridgehead atoms. The predicted octanol–water partition coefficient (Wildman–Crippen LogP) is -2.20. The van der Waals surface area contributed by atoms with E-state index in [-0.39, 0.29) is 19.3 Å². The van der Waals surface area contributed by atoms with E-state index in [2.05, 4.69) is 5.43 Å². The van der Waals surface area contributed by atoms with Crippen molar-refractivity contribution < 1.29 is 10.2 Å². The number of aliphatic hydroxyl groups excluding tert-OH is 2. The Morgan fingerprint density at radius 1 is 1.43 bits per heavy atom. The Balaban J connectivity index is 2.99. The minimum Gasteiger partial charge on any atom is -0.395 e. The highest BCUT2D eigenvalue weighted by Gasteiger charge is 1.98. The van der Waals surface area contributed by atoms with Gasteiger partial charge in [-0.2, -0.15) is 0 Å². The quantitative estimate of drug-likeness (QED) is 0.243. The Morgan fingerprint density at radius 2 is 1.86 bits per heavy atom. The molecule has 0 aromatic heterocycles. The van der Waals surface area contributed by atoms with Crippen LogP contribution in [0.3, 0.4) is 0 Å². The second-order valence-electron chi connectivity index (χ2n) is 1.23. The predicted molar refractivity (Wildman–Crippen MR) is 25.3 cm³/mol. The normalized spacial score (nSPS) is 10.3. The third kappa shape index (κ3) is 2.52. The van der Waals surface area contributed by atoms with E-state index in [1.165, 1.54) is 0 Å². The van der Waals surface area contributed by atoms with Crippen molar-refractivity contribution in [3.63, 3.8) is 0 Å². The maximum absolute atomic E-state index is 8.22. The maximum atomic E-state index is 8.22. The van der Waals surface area contributed by atoms with Crippen LogP contribution in [0.25, 0.3) is 0 Å². The molecule has 0 unspecified atom stereocenters. The van der Waals surface area contributed by atoms with Crippen LogP contribution in [-0.4, -0.2) is 29.5 Å². The van der Waals surface area contributed by atoms with E-state index in [4.69, 9.17) is 16.1 Å². The van der Waals surface area contributed by atoms with Gasteiger partial charge in [0.2, 0.25) is 0 Å². The molecule has 0 saturated heterocycles. The first kappa shape index (κ1) is 6.84. The number of hydrazine groups is 1. The van der Waals surface area contributed by atoms with E-state index in [0.717, 1.165) is 0 Å². The lowest BCUT2D eigenvalue weighted by Crippen LogP contribution is -2.40. The average Bonchev–Trinajstić information content (AvgIpc) is 1.72. The number of rotatable bonds is 3. The van der Waals surface area contributed by atoms with Crippen molar-refractivity contribution in [3.8, 4) is 0 Å². The molecule has 4 nitrogen and oxygen atoms in total. The molecule has 0 aliphatic heterocycles. The van der Waals surface area contributed by atoms with Crippen LogP contribution >= 0.6 is 0 Å². The van der Waals surface area contributed by atoms with Gasteiger partial charge < -0.3 is 10.2 Å². The van der Waals surface area contributed by atoms with E-state index in [9.17, 15) is 0 Å². The Bertz CT molecular complexity index is 32.4. The van der Waals surface area contributed by atoms with Gasteiger partial charge in [-0.25, -0.2) is 0 Å². The standard InChI is InChI=1S/C3H10N2O2/c4-5-3(1-6)2-7/h3,5-7H,1-2,4H2. The number of aliphatic hydroxyl groups is 2. The van der Waals surface area contributed by atoms with Crippen molar-refractivity contribution in [1.82, 2.24) is 5.43 Å². The molecule has 7 heavy (non-hydrogen) atoms. The molecule has 4 heteroatoms. The van der Waals surface area contributed by atoms with Gasteiger partial charge >= 0.3 is 0 Å². The molecule has 0 atom stereocenters. The van der Waals surface area contributed by atoms with Crippen molar-refractivity contribution in [2.24, 2.45) is 5.84 Å². The van der Waals surface area contributed by atoms with E-state index in [1.54, 1.807) is 0 Å². The van der Waals surface area contributed by atoms with Crippen LogP contribution in [-0.2, 0) is 0 Å². The molecule has 44 valence electrons. The molecule has 0 radical (unpaired) electrons. The lowest BCUT2D eigenvalue weighted by molar-refractivity contribution is 0.172. The molecule has 0 spiro atoms. The smallest absolute Gasteiger partial charge is 0.0672 e. The van der Waals surface area contributed by atoms with Crippen LogP contribution in [0, 0.1) is 0 Å². The molecule has 0 saturated carbocycles. The Morgan fingerprint density at radius 3 is 1.86 bits per heavy atom. The van der Waals surface area contributed by atoms with E-state index < -0.39 is 0 Å². The van der Waals surface area contributed by atoms with Gasteiger partial charge in [-0.05, 0) is 0 Å². The lowest BCUT2D eigenvalue weighted by Gasteiger charge is -2.06. The van der Waals surface area contributed by atoms with E-state index >= 15 is 0 Å². The zero-order valence-corrected chi connectivity index (χ0v) is 3.96. The van der Waals surface area contributed by atoms with Crippen molar-refractivity contribution in [3.05, 3.63) is 0 Å². The monoisotopic (exact) mass is 106 g/mol. The van der Waals surface area contributed by atoms with Crippen LogP contribution in [0.2, 0.25) is 0 Å². The van der Waals surface area contributed by atoms with Gasteiger partial charge in [0.1, 0.15) is 0 Å². The summed E-state index contributed by atoms with van der Waals surface area (Å²) in [4.78, 5) is 0. The fraction of sp³-hybridized carbons (Fsp3) is 1.00. The van der Waals surface area contributed by atoms with Crippen molar-refractivity contribution in [2.75, 3.05) is 13.2 Å². The van der Waals surface area contributed by atoms with Gasteiger partial charge in [0.15, 0.2) is 0 Å². The van der Waals surface area contributed by atoms with Crippen molar-refractivity contribution >= 4 is 0 Å². The van der Waals surface area contributed by atoms with Crippen LogP contribution in [0.4, 0.5) is 0 Å². The van der Waals surface area contributed by atoms with Crippen LogP contribution < -0.4 is 11.3 Å². The van der Waals surface area contributed by atoms with Gasteiger partial charge in [0.05, 0.1) is 19.3 Å². The summed E-state index contributed by atoms with van der Waals surface area (Å²) in [6.07, 6.45) is 0. The highest BCUT2D eigenvalue weighted by Crippen LogP contribution is 1.71. The van der Waals surface area contributed by atoms with Gasteiger partial charge in [-0.15, -0.1) is 0 Å². The minimum atomic E-state index is -0.375. The molecule has 0 aliphatic rings. The third-order valence-electron chi connectivity index (χ3n) is 0.676. The summed E-state index contributed by atoms with van der Waals surface area (Å²) in [5.41, 5.74) is 2.20. The van der Waals surface area contributed by atoms with Gasteiger partial charge in [0.25, 0.3) is 0 Å². The molecule has 0 rings (SSSR count). The second-order valence-corrected chi connectivity index (χ2v) is 1.23. The Hall–Kier alpha value is -0.160. The zero-order chi connectivity index (χ0) is 5.70. The van der Waals surface area contributed by atoms with E-state index in [0.29, 0.717) is 0 Å². The third-order valence-corrected chi connectivity index (χ3v) is 0.676. The maximum Gasteiger partial charge on any atom is 0.0672 e. The number of hydrogen-bond acceptors (Lipinski definition) is 4. The summed E-state index contributed by atoms with van der Waals surface area (Å²) in [5.74, 6) is 4.82. The molecule has 0 amide bonds. The van der Waals surface area contributed by atoms with Crippen LogP contribution in [0.15, 0.2) is 0 Å². The van der Waals surface area contributed by atoms with Gasteiger partial charge in [-0.1, -0.05) is 0 Å². The summed E-state index contributed by atoms with van der Waals surface area (Å²) < 4.78 is 0. The molecule has 5 N–H and O–H groups in total. The molecular weight excluding hydrogens is 96.0 g/mol. The first-order valence-corrected chi connectivity index (χ1v) is 2.03. The Kier molecular flexibility index (Phi) is 3.92. The molecule has 0 fully saturated rings. The summed E-state index contributed by atoms with van der Waals surface area (Å²) in [5, 5.41) is 16.4. The fourth-order valence-electron chi connectivity index (χ4n) is 0.163. The first-order valence-electron chi connectivity index (χ1n) is 2.03. The minimum absolute atomic E-state index is 0.132. The molecule has 0 aliphatic carbocycles. The number of nitrogens with one attached hydrogen (secondary N) is 1. The lowest BCUT2D eigenvalue weighted by atomic mass is 10.4. The van der Waals surface area contributed by atoms with Crippen molar-refractivity contribution in [1.29, 1.82) is 0 Å². The largest absolute Gasteiger partial charge is 0.395 e. The molecule has 0 aromatic rings. The topological polar surface area (TPSA) is 78.5 Å². The summed E-state index contributed by atoms with van der Waals surface area (Å²) in [7, 11) is 0. The number of hydrogen-bond donors (Lipinski definition) is 4. The van der Waals surface area contributed by atoms with Crippen LogP contribution in [0.5, 0.6) is 0 Å². The highest BCUT2D eigenvalue weighted by molar-refractivity contribution is 4.55. The number of nitrogens with two attached hydrogens (primary N) is 1. The second kappa shape index (κ2) is 4.01. The van der Waals surface area contributed by atoms with Crippen LogP contribution in [0.1, 0.15) is 0 Å². The fourth-order valence-corrected chi connectivity index (χ4v) is 0.163. The summed E-state index contributed by atoms with van der Waals surface area (Å²) >= 11 is 0. The first-order chi connectivity index (χ1) is 3.35. The van der Waals surface area contributed by atoms with Gasteiger partial charge in [-0.3, -0.25) is 11.3 Å². The molecular formula is C3H10N2O2. The zero-order valence-electron chi connectivity index (χ0n) is 3.96. The summed E-state index contributed by atoms with van der Waals surface area (Å²) in [6.45, 7) is -0.264. The van der Waals surface area contributed by atoms with Crippen molar-refractivity contribution in [2.45, 2.75) is 6.04 Å². The molecule has 0 aromatic carbocycles. The average molecular weight is 106 g/mol. The Labute approximate surface area is 41.9 Å². The SMILES string of the molecule is NNC(CO)CO. The van der Waals surface area contributed by atoms with E-state index in [1.807, 2.05) is 0 Å². The van der Waals surface area contributed by atoms with Gasteiger partial charge in [0, 0.05) is 0 Å². The highest BCUT2D eigenvalue weighted by atomic mass is 16.3. The summed E-state index contributed by atoms with van der Waals surface area (Å²) in [6, 6.07) is -0.375. The molecule has 0 heterocycles.